The number of aliphatic carboxylic acids is 1. The maximum Gasteiger partial charge on any atom is 0.309 e. The molecule has 2 aromatic rings. The highest BCUT2D eigenvalue weighted by atomic mass is 16.5. The van der Waals surface area contributed by atoms with E-state index < -0.39 is 24.1 Å². The van der Waals surface area contributed by atoms with Gasteiger partial charge in [0.2, 0.25) is 0 Å². The second-order valence-corrected chi connectivity index (χ2v) is 8.72. The monoisotopic (exact) mass is 400 g/mol. The summed E-state index contributed by atoms with van der Waals surface area (Å²) >= 11 is 0. The molecule has 5 rings (SSSR count). The molecule has 0 radical (unpaired) electrons. The van der Waals surface area contributed by atoms with Crippen molar-refractivity contribution in [2.45, 2.75) is 37.5 Å². The Morgan fingerprint density at radius 1 is 1.28 bits per heavy atom. The van der Waals surface area contributed by atoms with Gasteiger partial charge in [0.25, 0.3) is 0 Å². The molecule has 29 heavy (non-hydrogen) atoms. The minimum atomic E-state index is -0.864. The summed E-state index contributed by atoms with van der Waals surface area (Å²) in [4.78, 5) is 18.2. The Bertz CT molecular complexity index is 941. The molecule has 156 valence electrons. The van der Waals surface area contributed by atoms with E-state index in [9.17, 15) is 15.0 Å². The normalized spacial score (nSPS) is 34.3. The first-order chi connectivity index (χ1) is 14.0. The summed E-state index contributed by atoms with van der Waals surface area (Å²) in [7, 11) is 3.17. The minimum absolute atomic E-state index is 0.00556. The number of carbonyl (C=O) groups is 1. The average Bonchev–Trinajstić information content (AvgIpc) is 3.09. The van der Waals surface area contributed by atoms with E-state index in [1.165, 1.54) is 23.8 Å². The van der Waals surface area contributed by atoms with Crippen molar-refractivity contribution in [1.82, 2.24) is 9.88 Å². The zero-order valence-electron chi connectivity index (χ0n) is 16.8. The zero-order valence-corrected chi connectivity index (χ0v) is 16.8. The molecular formula is C22H28N2O5. The van der Waals surface area contributed by atoms with Crippen molar-refractivity contribution in [3.63, 3.8) is 0 Å². The quantitative estimate of drug-likeness (QED) is 0.731. The number of rotatable bonds is 3. The van der Waals surface area contributed by atoms with Crippen LogP contribution < -0.4 is 4.74 Å². The van der Waals surface area contributed by atoms with Crippen molar-refractivity contribution in [2.24, 2.45) is 17.8 Å². The molecule has 1 aliphatic carbocycles. The maximum atomic E-state index is 12.1. The molecule has 1 saturated carbocycles. The van der Waals surface area contributed by atoms with E-state index in [1.54, 1.807) is 7.11 Å². The van der Waals surface area contributed by atoms with Gasteiger partial charge >= 0.3 is 5.97 Å². The van der Waals surface area contributed by atoms with Crippen molar-refractivity contribution in [3.8, 4) is 5.75 Å². The number of piperidine rings is 1. The highest BCUT2D eigenvalue weighted by molar-refractivity contribution is 5.86. The number of methoxy groups -OCH3 is 2. The minimum Gasteiger partial charge on any atom is -0.497 e. The van der Waals surface area contributed by atoms with Crippen LogP contribution in [0, 0.1) is 17.8 Å². The van der Waals surface area contributed by atoms with Crippen LogP contribution >= 0.6 is 0 Å². The lowest BCUT2D eigenvalue weighted by molar-refractivity contribution is -0.172. The number of aromatic nitrogens is 1. The van der Waals surface area contributed by atoms with E-state index in [-0.39, 0.29) is 17.9 Å². The van der Waals surface area contributed by atoms with E-state index in [0.29, 0.717) is 6.42 Å². The van der Waals surface area contributed by atoms with Crippen LogP contribution in [0.2, 0.25) is 0 Å². The zero-order chi connectivity index (χ0) is 20.3. The summed E-state index contributed by atoms with van der Waals surface area (Å²) in [6, 6.07) is 6.31. The van der Waals surface area contributed by atoms with Gasteiger partial charge in [-0.2, -0.15) is 0 Å². The molecule has 0 amide bonds. The number of carboxylic acids is 1. The van der Waals surface area contributed by atoms with E-state index >= 15 is 0 Å². The van der Waals surface area contributed by atoms with E-state index in [4.69, 9.17) is 9.47 Å². The Hall–Kier alpha value is -2.09. The molecule has 7 nitrogen and oxygen atoms in total. The second kappa shape index (κ2) is 7.00. The number of hydrogen-bond donors (Lipinski definition) is 3. The smallest absolute Gasteiger partial charge is 0.309 e. The molecule has 0 bridgehead atoms. The molecule has 0 spiro atoms. The Labute approximate surface area is 169 Å². The standard InChI is InChI=1S/C22H28N2O5/c1-28-12-3-4-13-14-5-6-24-10-11-7-18(25)21(29-2)19(22(26)27)15(11)9-17(24)20(14)23-16(13)8-12/h3-4,8,11,15,17-19,21,23,25H,5-7,9-10H2,1-2H3,(H,26,27)/t11-,15+,17-,18-,19+,21?/m1/s1. The number of ether oxygens (including phenoxy) is 2. The largest absolute Gasteiger partial charge is 0.497 e. The average molecular weight is 400 g/mol. The van der Waals surface area contributed by atoms with E-state index in [0.717, 1.165) is 37.2 Å². The lowest BCUT2D eigenvalue weighted by atomic mass is 9.64. The first kappa shape index (κ1) is 18.9. The van der Waals surface area contributed by atoms with Crippen molar-refractivity contribution in [1.29, 1.82) is 0 Å². The van der Waals surface area contributed by atoms with Gasteiger partial charge < -0.3 is 24.7 Å². The molecule has 2 aliphatic heterocycles. The molecule has 1 unspecified atom stereocenters. The third-order valence-electron chi connectivity index (χ3n) is 7.44. The van der Waals surface area contributed by atoms with Gasteiger partial charge in [-0.1, -0.05) is 0 Å². The van der Waals surface area contributed by atoms with Gasteiger partial charge in [0.1, 0.15) is 5.75 Å². The molecular weight excluding hydrogens is 372 g/mol. The fourth-order valence-corrected chi connectivity index (χ4v) is 6.15. The van der Waals surface area contributed by atoms with Crippen LogP contribution in [0.5, 0.6) is 5.75 Å². The number of fused-ring (bicyclic) bond motifs is 6. The molecule has 1 aromatic carbocycles. The number of carboxylic acid groups (broad SMARTS) is 1. The highest BCUT2D eigenvalue weighted by Gasteiger charge is 2.52. The summed E-state index contributed by atoms with van der Waals surface area (Å²) in [6.07, 6.45) is 0.981. The predicted molar refractivity (Wildman–Crippen MR) is 107 cm³/mol. The van der Waals surface area contributed by atoms with Crippen molar-refractivity contribution in [2.75, 3.05) is 27.3 Å². The van der Waals surface area contributed by atoms with Gasteiger partial charge in [-0.25, -0.2) is 0 Å². The third-order valence-corrected chi connectivity index (χ3v) is 7.44. The molecule has 7 heteroatoms. The topological polar surface area (TPSA) is 95.0 Å². The van der Waals surface area contributed by atoms with E-state index in [2.05, 4.69) is 16.0 Å². The van der Waals surface area contributed by atoms with Crippen LogP contribution in [0.4, 0.5) is 0 Å². The second-order valence-electron chi connectivity index (χ2n) is 8.72. The lowest BCUT2D eigenvalue weighted by Gasteiger charge is -2.52. The molecule has 1 aromatic heterocycles. The third kappa shape index (κ3) is 2.86. The number of H-pyrrole nitrogens is 1. The van der Waals surface area contributed by atoms with Gasteiger partial charge in [0.15, 0.2) is 0 Å². The van der Waals surface area contributed by atoms with E-state index in [1.807, 2.05) is 12.1 Å². The number of hydrogen-bond acceptors (Lipinski definition) is 5. The first-order valence-corrected chi connectivity index (χ1v) is 10.4. The fraction of sp³-hybridized carbons (Fsp3) is 0.591. The summed E-state index contributed by atoms with van der Waals surface area (Å²) in [5, 5.41) is 21.7. The van der Waals surface area contributed by atoms with Crippen molar-refractivity contribution in [3.05, 3.63) is 29.5 Å². The summed E-state index contributed by atoms with van der Waals surface area (Å²) in [5.41, 5.74) is 3.62. The molecule has 3 N–H and O–H groups in total. The van der Waals surface area contributed by atoms with Crippen LogP contribution in [0.15, 0.2) is 18.2 Å². The predicted octanol–water partition coefficient (Wildman–Crippen LogP) is 2.19. The number of nitrogens with one attached hydrogen (secondary N) is 1. The molecule has 6 atom stereocenters. The van der Waals surface area contributed by atoms with Crippen LogP contribution in [0.1, 0.15) is 30.1 Å². The number of benzene rings is 1. The summed E-state index contributed by atoms with van der Waals surface area (Å²) in [5.74, 6) is -0.539. The number of aromatic amines is 1. The van der Waals surface area contributed by atoms with Crippen LogP contribution in [-0.2, 0) is 16.0 Å². The van der Waals surface area contributed by atoms with Crippen LogP contribution in [-0.4, -0.2) is 65.6 Å². The highest BCUT2D eigenvalue weighted by Crippen LogP contribution is 2.49. The van der Waals surface area contributed by atoms with Gasteiger partial charge in [-0.05, 0) is 48.8 Å². The Morgan fingerprint density at radius 3 is 2.83 bits per heavy atom. The van der Waals surface area contributed by atoms with Gasteiger partial charge in [0, 0.05) is 42.9 Å². The molecule has 2 fully saturated rings. The first-order valence-electron chi connectivity index (χ1n) is 10.4. The van der Waals surface area contributed by atoms with Crippen molar-refractivity contribution >= 4 is 16.9 Å². The Balaban J connectivity index is 1.52. The van der Waals surface area contributed by atoms with Gasteiger partial charge in [0.05, 0.1) is 31.3 Å². The SMILES string of the molecule is COc1ccc2c3c([nH]c2c1)[C@H]1C[C@H]2[C@H](C[C@@H](O)C(OC)[C@H]2C(=O)O)CN1CC3. The fourth-order valence-electron chi connectivity index (χ4n) is 6.15. The van der Waals surface area contributed by atoms with Crippen molar-refractivity contribution < 1.29 is 24.5 Å². The maximum absolute atomic E-state index is 12.1. The van der Waals surface area contributed by atoms with Gasteiger partial charge in [-0.3, -0.25) is 9.69 Å². The molecule has 3 heterocycles. The Morgan fingerprint density at radius 2 is 2.10 bits per heavy atom. The number of nitrogens with zero attached hydrogens (tertiary/aromatic N) is 1. The summed E-state index contributed by atoms with van der Waals surface area (Å²) < 4.78 is 10.8. The lowest BCUT2D eigenvalue weighted by Crippen LogP contribution is -2.57. The van der Waals surface area contributed by atoms with Crippen LogP contribution in [0.3, 0.4) is 0 Å². The van der Waals surface area contributed by atoms with Gasteiger partial charge in [-0.15, -0.1) is 0 Å². The Kier molecular flexibility index (Phi) is 4.57. The number of aliphatic hydroxyl groups excluding tert-OH is 1. The van der Waals surface area contributed by atoms with Crippen LogP contribution in [0.25, 0.3) is 10.9 Å². The molecule has 3 aliphatic rings. The summed E-state index contributed by atoms with van der Waals surface area (Å²) in [6.45, 7) is 1.78. The number of aliphatic hydroxyl groups is 1. The molecule has 1 saturated heterocycles.